The Bertz CT molecular complexity index is 361. The minimum Gasteiger partial charge on any atom is -0.384 e. The zero-order valence-corrected chi connectivity index (χ0v) is 15.6. The number of carbonyl (C=O) groups is 1. The third-order valence-corrected chi connectivity index (χ3v) is 5.39. The van der Waals surface area contributed by atoms with Crippen molar-refractivity contribution in [3.05, 3.63) is 0 Å². The minimum atomic E-state index is -0.312. The van der Waals surface area contributed by atoms with Gasteiger partial charge in [0, 0.05) is 32.3 Å². The third kappa shape index (κ3) is 5.20. The summed E-state index contributed by atoms with van der Waals surface area (Å²) in [6.07, 6.45) is 6.72. The standard InChI is InChI=1S/C16H29N3O2.2ClH/c1-21-12-16(6-8-17-9-7-16)15(20)18-13-4-10-19(11-5-13)14-2-3-14;;/h13-14,17H,2-12H2,1H3,(H,18,20);2*1H. The van der Waals surface area contributed by atoms with Gasteiger partial charge in [0.25, 0.3) is 0 Å². The fraction of sp³-hybridized carbons (Fsp3) is 0.938. The number of hydrogen-bond donors (Lipinski definition) is 2. The van der Waals surface area contributed by atoms with E-state index in [1.165, 1.54) is 12.8 Å². The third-order valence-electron chi connectivity index (χ3n) is 5.39. The summed E-state index contributed by atoms with van der Waals surface area (Å²) in [7, 11) is 1.70. The molecule has 5 nitrogen and oxygen atoms in total. The highest BCUT2D eigenvalue weighted by atomic mass is 35.5. The molecule has 0 radical (unpaired) electrons. The van der Waals surface area contributed by atoms with Crippen LogP contribution in [0.4, 0.5) is 0 Å². The van der Waals surface area contributed by atoms with E-state index in [-0.39, 0.29) is 36.1 Å². The second kappa shape index (κ2) is 9.42. The van der Waals surface area contributed by atoms with Crippen LogP contribution in [0.25, 0.3) is 0 Å². The zero-order chi connectivity index (χ0) is 14.7. The van der Waals surface area contributed by atoms with E-state index >= 15 is 0 Å². The summed E-state index contributed by atoms with van der Waals surface area (Å²) >= 11 is 0. The Balaban J connectivity index is 0.00000132. The predicted octanol–water partition coefficient (Wildman–Crippen LogP) is 1.59. The van der Waals surface area contributed by atoms with Crippen molar-refractivity contribution in [2.75, 3.05) is 39.9 Å². The Morgan fingerprint density at radius 3 is 2.30 bits per heavy atom. The molecule has 0 aromatic rings. The highest BCUT2D eigenvalue weighted by molar-refractivity contribution is 5.85. The molecule has 2 heterocycles. The van der Waals surface area contributed by atoms with Gasteiger partial charge < -0.3 is 20.3 Å². The smallest absolute Gasteiger partial charge is 0.228 e. The van der Waals surface area contributed by atoms with Crippen molar-refractivity contribution >= 4 is 30.7 Å². The summed E-state index contributed by atoms with van der Waals surface area (Å²) in [4.78, 5) is 15.4. The van der Waals surface area contributed by atoms with E-state index in [4.69, 9.17) is 4.74 Å². The monoisotopic (exact) mass is 367 g/mol. The summed E-state index contributed by atoms with van der Waals surface area (Å²) in [5.74, 6) is 0.218. The molecule has 0 unspecified atom stereocenters. The molecule has 0 atom stereocenters. The largest absolute Gasteiger partial charge is 0.384 e. The molecule has 2 N–H and O–H groups in total. The van der Waals surface area contributed by atoms with E-state index in [9.17, 15) is 4.79 Å². The quantitative estimate of drug-likeness (QED) is 0.774. The Morgan fingerprint density at radius 1 is 1.17 bits per heavy atom. The number of carbonyl (C=O) groups excluding carboxylic acids is 1. The number of nitrogens with zero attached hydrogens (tertiary/aromatic N) is 1. The molecule has 0 aromatic heterocycles. The lowest BCUT2D eigenvalue weighted by atomic mass is 9.78. The maximum atomic E-state index is 12.8. The number of piperidine rings is 2. The molecule has 3 rings (SSSR count). The lowest BCUT2D eigenvalue weighted by Crippen LogP contribution is -2.54. The summed E-state index contributed by atoms with van der Waals surface area (Å²) in [6.45, 7) is 4.66. The average molecular weight is 368 g/mol. The molecule has 1 aliphatic carbocycles. The fourth-order valence-electron chi connectivity index (χ4n) is 3.81. The van der Waals surface area contributed by atoms with Gasteiger partial charge in [0.05, 0.1) is 12.0 Å². The van der Waals surface area contributed by atoms with Gasteiger partial charge in [0.15, 0.2) is 0 Å². The summed E-state index contributed by atoms with van der Waals surface area (Å²) in [6, 6.07) is 1.21. The minimum absolute atomic E-state index is 0. The van der Waals surface area contributed by atoms with Crippen LogP contribution >= 0.6 is 24.8 Å². The van der Waals surface area contributed by atoms with Crippen LogP contribution in [0, 0.1) is 5.41 Å². The first-order valence-electron chi connectivity index (χ1n) is 8.48. The molecule has 3 fully saturated rings. The number of methoxy groups -OCH3 is 1. The molecule has 0 bridgehead atoms. The SMILES string of the molecule is COCC1(C(=O)NC2CCN(C3CC3)CC2)CCNCC1.Cl.Cl. The van der Waals surface area contributed by atoms with E-state index in [2.05, 4.69) is 15.5 Å². The lowest BCUT2D eigenvalue weighted by Gasteiger charge is -2.38. The van der Waals surface area contributed by atoms with Gasteiger partial charge in [-0.2, -0.15) is 0 Å². The van der Waals surface area contributed by atoms with Crippen molar-refractivity contribution in [2.24, 2.45) is 5.41 Å². The number of amides is 1. The second-order valence-corrected chi connectivity index (χ2v) is 6.98. The maximum Gasteiger partial charge on any atom is 0.228 e. The van der Waals surface area contributed by atoms with Crippen LogP contribution < -0.4 is 10.6 Å². The average Bonchev–Trinajstić information content (AvgIpc) is 3.34. The van der Waals surface area contributed by atoms with Gasteiger partial charge in [0.1, 0.15) is 0 Å². The first-order chi connectivity index (χ1) is 10.2. The molecular formula is C16H31Cl2N3O2. The molecular weight excluding hydrogens is 337 g/mol. The van der Waals surface area contributed by atoms with Gasteiger partial charge in [-0.25, -0.2) is 0 Å². The molecule has 136 valence electrons. The molecule has 7 heteroatoms. The number of rotatable bonds is 5. The predicted molar refractivity (Wildman–Crippen MR) is 96.7 cm³/mol. The summed E-state index contributed by atoms with van der Waals surface area (Å²) in [5, 5.41) is 6.66. The molecule has 2 saturated heterocycles. The zero-order valence-electron chi connectivity index (χ0n) is 14.0. The number of halogens is 2. The van der Waals surface area contributed by atoms with Crippen molar-refractivity contribution in [1.29, 1.82) is 0 Å². The number of likely N-dealkylation sites (tertiary alicyclic amines) is 1. The maximum absolute atomic E-state index is 12.8. The molecule has 3 aliphatic rings. The van der Waals surface area contributed by atoms with Gasteiger partial charge in [-0.1, -0.05) is 0 Å². The Kier molecular flexibility index (Phi) is 8.59. The van der Waals surface area contributed by atoms with Crippen molar-refractivity contribution in [3.63, 3.8) is 0 Å². The van der Waals surface area contributed by atoms with Crippen molar-refractivity contribution in [2.45, 2.75) is 50.6 Å². The van der Waals surface area contributed by atoms with E-state index in [0.717, 1.165) is 57.9 Å². The highest BCUT2D eigenvalue weighted by Gasteiger charge is 2.41. The van der Waals surface area contributed by atoms with Gasteiger partial charge in [-0.3, -0.25) is 4.79 Å². The summed E-state index contributed by atoms with van der Waals surface area (Å²) < 4.78 is 5.35. The number of nitrogens with one attached hydrogen (secondary N) is 2. The number of hydrogen-bond acceptors (Lipinski definition) is 4. The van der Waals surface area contributed by atoms with Crippen molar-refractivity contribution < 1.29 is 9.53 Å². The molecule has 0 aromatic carbocycles. The first-order valence-corrected chi connectivity index (χ1v) is 8.48. The summed E-state index contributed by atoms with van der Waals surface area (Å²) in [5.41, 5.74) is -0.312. The Labute approximate surface area is 152 Å². The fourth-order valence-corrected chi connectivity index (χ4v) is 3.81. The van der Waals surface area contributed by atoms with Gasteiger partial charge >= 0.3 is 0 Å². The van der Waals surface area contributed by atoms with E-state index in [1.54, 1.807) is 7.11 Å². The molecule has 1 saturated carbocycles. The van der Waals surface area contributed by atoms with Crippen LogP contribution in [0.3, 0.4) is 0 Å². The topological polar surface area (TPSA) is 53.6 Å². The van der Waals surface area contributed by atoms with Crippen LogP contribution in [0.15, 0.2) is 0 Å². The van der Waals surface area contributed by atoms with Crippen molar-refractivity contribution in [1.82, 2.24) is 15.5 Å². The van der Waals surface area contributed by atoms with E-state index < -0.39 is 0 Å². The lowest BCUT2D eigenvalue weighted by molar-refractivity contribution is -0.137. The van der Waals surface area contributed by atoms with Gasteiger partial charge in [-0.05, 0) is 51.6 Å². The van der Waals surface area contributed by atoms with E-state index in [1.807, 2.05) is 0 Å². The Hall–Kier alpha value is -0.0700. The highest BCUT2D eigenvalue weighted by Crippen LogP contribution is 2.31. The van der Waals surface area contributed by atoms with Crippen LogP contribution in [0.2, 0.25) is 0 Å². The van der Waals surface area contributed by atoms with Crippen molar-refractivity contribution in [3.8, 4) is 0 Å². The van der Waals surface area contributed by atoms with Crippen LogP contribution in [-0.2, 0) is 9.53 Å². The second-order valence-electron chi connectivity index (χ2n) is 6.98. The molecule has 0 spiro atoms. The van der Waals surface area contributed by atoms with Crippen LogP contribution in [0.5, 0.6) is 0 Å². The van der Waals surface area contributed by atoms with Crippen LogP contribution in [0.1, 0.15) is 38.5 Å². The normalized spacial score (nSPS) is 25.1. The first kappa shape index (κ1) is 21.0. The molecule has 2 aliphatic heterocycles. The molecule has 1 amide bonds. The Morgan fingerprint density at radius 2 is 1.78 bits per heavy atom. The van der Waals surface area contributed by atoms with Gasteiger partial charge in [0.2, 0.25) is 5.91 Å². The number of ether oxygens (including phenoxy) is 1. The molecule has 23 heavy (non-hydrogen) atoms. The van der Waals surface area contributed by atoms with E-state index in [0.29, 0.717) is 12.6 Å². The van der Waals surface area contributed by atoms with Gasteiger partial charge in [-0.15, -0.1) is 24.8 Å². The van der Waals surface area contributed by atoms with Crippen LogP contribution in [-0.4, -0.2) is 62.8 Å².